The molecular weight excluding hydrogens is 542 g/mol. The number of rotatable bonds is 2. The lowest BCUT2D eigenvalue weighted by Crippen LogP contribution is -2.15. The lowest BCUT2D eigenvalue weighted by Gasteiger charge is -2.22. The summed E-state index contributed by atoms with van der Waals surface area (Å²) in [5.74, 6) is 0. The second-order valence-corrected chi connectivity index (χ2v) is 14.8. The smallest absolute Gasteiger partial charge is 0.0753 e. The summed E-state index contributed by atoms with van der Waals surface area (Å²) in [5.41, 5.74) is 20.6. The second-order valence-electron chi connectivity index (χ2n) is 14.8. The van der Waals surface area contributed by atoms with Crippen LogP contribution in [0, 0.1) is 0 Å². The van der Waals surface area contributed by atoms with Crippen LogP contribution in [0.1, 0.15) is 74.9 Å². The lowest BCUT2D eigenvalue weighted by molar-refractivity contribution is 0.659. The van der Waals surface area contributed by atoms with Crippen molar-refractivity contribution in [1.29, 1.82) is 0 Å². The standard InChI is InChI=1S/C44H37N/c1-42(2)36-20-17-26(27-15-18-31-29-11-7-9-13-34(29)43(3,4)38(31)24-27)23-33(36)41-37(42)21-22-40(45-41)28-16-19-32-30-12-8-10-14-35(30)44(5,6)39(32)25-28/h7-25H,1-6H3. The molecule has 0 amide bonds. The molecule has 1 nitrogen and oxygen atoms in total. The third-order valence-corrected chi connectivity index (χ3v) is 11.3. The van der Waals surface area contributed by atoms with Gasteiger partial charge in [0.25, 0.3) is 0 Å². The first-order chi connectivity index (χ1) is 21.6. The molecule has 45 heavy (non-hydrogen) atoms. The summed E-state index contributed by atoms with van der Waals surface area (Å²) in [6, 6.07) is 43.3. The average Bonchev–Trinajstić information content (AvgIpc) is 3.53. The van der Waals surface area contributed by atoms with E-state index in [0.717, 1.165) is 11.4 Å². The van der Waals surface area contributed by atoms with E-state index < -0.39 is 0 Å². The lowest BCUT2D eigenvalue weighted by atomic mass is 9.81. The highest BCUT2D eigenvalue weighted by molar-refractivity contribution is 5.88. The highest BCUT2D eigenvalue weighted by Crippen LogP contribution is 2.53. The molecule has 0 bridgehead atoms. The van der Waals surface area contributed by atoms with E-state index in [1.165, 1.54) is 77.9 Å². The molecule has 0 spiro atoms. The first kappa shape index (κ1) is 26.6. The molecule has 3 aliphatic carbocycles. The van der Waals surface area contributed by atoms with E-state index >= 15 is 0 Å². The van der Waals surface area contributed by atoms with Gasteiger partial charge >= 0.3 is 0 Å². The third kappa shape index (κ3) is 3.47. The van der Waals surface area contributed by atoms with E-state index in [2.05, 4.69) is 157 Å². The van der Waals surface area contributed by atoms with Gasteiger partial charge in [0.15, 0.2) is 0 Å². The van der Waals surface area contributed by atoms with Gasteiger partial charge < -0.3 is 0 Å². The van der Waals surface area contributed by atoms with E-state index in [1.807, 2.05) is 0 Å². The van der Waals surface area contributed by atoms with E-state index in [1.54, 1.807) is 0 Å². The summed E-state index contributed by atoms with van der Waals surface area (Å²) in [6.45, 7) is 14.1. The SMILES string of the molecule is CC1(C)c2ccccc2-c2ccc(-c3ccc4c(c3)-c3nc(-c5ccc6c(c5)C(C)(C)c5ccccc5-6)ccc3C4(C)C)cc21. The summed E-state index contributed by atoms with van der Waals surface area (Å²) in [6.07, 6.45) is 0. The maximum atomic E-state index is 5.43. The Hall–Kier alpha value is -4.75. The zero-order valence-electron chi connectivity index (χ0n) is 26.9. The molecule has 0 saturated heterocycles. The van der Waals surface area contributed by atoms with Crippen molar-refractivity contribution in [3.8, 4) is 55.9 Å². The highest BCUT2D eigenvalue weighted by Gasteiger charge is 2.39. The van der Waals surface area contributed by atoms with E-state index in [4.69, 9.17) is 4.98 Å². The third-order valence-electron chi connectivity index (χ3n) is 11.3. The van der Waals surface area contributed by atoms with Crippen LogP contribution >= 0.6 is 0 Å². The zero-order valence-corrected chi connectivity index (χ0v) is 26.9. The van der Waals surface area contributed by atoms with Crippen LogP contribution in [0.5, 0.6) is 0 Å². The van der Waals surface area contributed by atoms with Crippen LogP contribution < -0.4 is 0 Å². The Labute approximate surface area is 266 Å². The normalized spacial score (nSPS) is 16.8. The number of benzene rings is 5. The van der Waals surface area contributed by atoms with Gasteiger partial charge in [-0.2, -0.15) is 0 Å². The van der Waals surface area contributed by atoms with Crippen molar-refractivity contribution in [3.63, 3.8) is 0 Å². The Morgan fingerprint density at radius 2 is 0.800 bits per heavy atom. The molecule has 6 aromatic rings. The largest absolute Gasteiger partial charge is 0.247 e. The van der Waals surface area contributed by atoms with Crippen LogP contribution in [0.2, 0.25) is 0 Å². The summed E-state index contributed by atoms with van der Waals surface area (Å²) < 4.78 is 0. The predicted molar refractivity (Wildman–Crippen MR) is 188 cm³/mol. The Morgan fingerprint density at radius 3 is 1.44 bits per heavy atom. The summed E-state index contributed by atoms with van der Waals surface area (Å²) >= 11 is 0. The fourth-order valence-corrected chi connectivity index (χ4v) is 8.69. The minimum absolute atomic E-state index is 0.0183. The topological polar surface area (TPSA) is 12.9 Å². The average molecular weight is 580 g/mol. The Morgan fingerprint density at radius 1 is 0.356 bits per heavy atom. The first-order valence-electron chi connectivity index (χ1n) is 16.2. The summed E-state index contributed by atoms with van der Waals surface area (Å²) in [4.78, 5) is 5.43. The molecule has 218 valence electrons. The second kappa shape index (κ2) is 8.70. The Bertz CT molecular complexity index is 2080. The van der Waals surface area contributed by atoms with Crippen molar-refractivity contribution in [2.24, 2.45) is 0 Å². The molecule has 0 atom stereocenters. The van der Waals surface area contributed by atoms with E-state index in [-0.39, 0.29) is 16.2 Å². The monoisotopic (exact) mass is 579 g/mol. The van der Waals surface area contributed by atoms with Crippen molar-refractivity contribution >= 4 is 0 Å². The van der Waals surface area contributed by atoms with E-state index in [9.17, 15) is 0 Å². The molecule has 9 rings (SSSR count). The number of hydrogen-bond donors (Lipinski definition) is 0. The molecule has 0 radical (unpaired) electrons. The van der Waals surface area contributed by atoms with Crippen molar-refractivity contribution < 1.29 is 0 Å². The Balaban J connectivity index is 1.15. The first-order valence-corrected chi connectivity index (χ1v) is 16.2. The van der Waals surface area contributed by atoms with Crippen LogP contribution in [-0.4, -0.2) is 4.98 Å². The van der Waals surface area contributed by atoms with Gasteiger partial charge in [0.2, 0.25) is 0 Å². The Kier molecular flexibility index (Phi) is 5.15. The van der Waals surface area contributed by atoms with Crippen molar-refractivity contribution in [2.75, 3.05) is 0 Å². The molecule has 0 fully saturated rings. The van der Waals surface area contributed by atoms with Crippen LogP contribution in [0.3, 0.4) is 0 Å². The molecule has 0 N–H and O–H groups in total. The van der Waals surface area contributed by atoms with Gasteiger partial charge in [0.05, 0.1) is 11.4 Å². The molecule has 1 heteroatoms. The molecule has 1 heterocycles. The number of aromatic nitrogens is 1. The van der Waals surface area contributed by atoms with Crippen molar-refractivity contribution in [3.05, 3.63) is 149 Å². The maximum absolute atomic E-state index is 5.43. The van der Waals surface area contributed by atoms with Crippen LogP contribution in [0.15, 0.2) is 115 Å². The van der Waals surface area contributed by atoms with Crippen LogP contribution in [-0.2, 0) is 16.2 Å². The van der Waals surface area contributed by atoms with Gasteiger partial charge in [-0.1, -0.05) is 133 Å². The van der Waals surface area contributed by atoms with E-state index in [0.29, 0.717) is 0 Å². The zero-order chi connectivity index (χ0) is 30.9. The molecule has 3 aliphatic rings. The van der Waals surface area contributed by atoms with Crippen molar-refractivity contribution in [1.82, 2.24) is 4.98 Å². The number of hydrogen-bond acceptors (Lipinski definition) is 1. The summed E-state index contributed by atoms with van der Waals surface area (Å²) in [7, 11) is 0. The summed E-state index contributed by atoms with van der Waals surface area (Å²) in [5, 5.41) is 0. The van der Waals surface area contributed by atoms with Gasteiger partial charge in [-0.3, -0.25) is 0 Å². The molecule has 0 saturated carbocycles. The van der Waals surface area contributed by atoms with Gasteiger partial charge in [-0.15, -0.1) is 0 Å². The number of pyridine rings is 1. The van der Waals surface area contributed by atoms with Gasteiger partial charge in [-0.05, 0) is 91.0 Å². The minimum Gasteiger partial charge on any atom is -0.247 e. The van der Waals surface area contributed by atoms with Crippen LogP contribution in [0.25, 0.3) is 55.9 Å². The van der Waals surface area contributed by atoms with Gasteiger partial charge in [-0.25, -0.2) is 4.98 Å². The highest BCUT2D eigenvalue weighted by atomic mass is 14.7. The number of fused-ring (bicyclic) bond motifs is 9. The van der Waals surface area contributed by atoms with Crippen molar-refractivity contribution in [2.45, 2.75) is 57.8 Å². The molecule has 0 unspecified atom stereocenters. The fraction of sp³-hybridized carbons (Fsp3) is 0.205. The molecule has 5 aromatic carbocycles. The molecule has 1 aromatic heterocycles. The maximum Gasteiger partial charge on any atom is 0.0753 e. The minimum atomic E-state index is -0.0993. The molecule has 0 aliphatic heterocycles. The van der Waals surface area contributed by atoms with Crippen LogP contribution in [0.4, 0.5) is 0 Å². The fourth-order valence-electron chi connectivity index (χ4n) is 8.69. The number of nitrogens with zero attached hydrogens (tertiary/aromatic N) is 1. The predicted octanol–water partition coefficient (Wildman–Crippen LogP) is 11.3. The molecular formula is C44H37N. The quantitative estimate of drug-likeness (QED) is 0.199. The van der Waals surface area contributed by atoms with Gasteiger partial charge in [0.1, 0.15) is 0 Å². The van der Waals surface area contributed by atoms with Gasteiger partial charge in [0, 0.05) is 27.4 Å².